The summed E-state index contributed by atoms with van der Waals surface area (Å²) in [7, 11) is 0. The van der Waals surface area contributed by atoms with Gasteiger partial charge in [-0.3, -0.25) is 4.79 Å². The van der Waals surface area contributed by atoms with Crippen LogP contribution in [0.3, 0.4) is 0 Å². The predicted molar refractivity (Wildman–Crippen MR) is 90.7 cm³/mol. The van der Waals surface area contributed by atoms with Crippen LogP contribution in [0.5, 0.6) is 0 Å². The van der Waals surface area contributed by atoms with E-state index in [2.05, 4.69) is 38.4 Å². The molecule has 1 aromatic heterocycles. The minimum absolute atomic E-state index is 0.0314. The third-order valence-corrected chi connectivity index (χ3v) is 4.68. The Balaban J connectivity index is 1.91. The van der Waals surface area contributed by atoms with Gasteiger partial charge in [0.05, 0.1) is 0 Å². The normalized spacial score (nSPS) is 10.5. The minimum atomic E-state index is 0.0314. The third kappa shape index (κ3) is 4.92. The second-order valence-corrected chi connectivity index (χ2v) is 7.24. The number of nitrogens with one attached hydrogen (secondary N) is 1. The van der Waals surface area contributed by atoms with Crippen molar-refractivity contribution in [2.45, 2.75) is 12.8 Å². The van der Waals surface area contributed by atoms with Crippen molar-refractivity contribution in [3.8, 4) is 0 Å². The van der Waals surface area contributed by atoms with Gasteiger partial charge < -0.3 is 5.32 Å². The molecular weight excluding hydrogens is 356 g/mol. The molecule has 0 bridgehead atoms. The largest absolute Gasteiger partial charge is 0.302 e. The lowest BCUT2D eigenvalue weighted by Gasteiger charge is -2.00. The lowest BCUT2D eigenvalue weighted by Crippen LogP contribution is -2.11. The molecule has 2 aromatic rings. The molecule has 0 aliphatic heterocycles. The molecule has 1 aromatic carbocycles. The van der Waals surface area contributed by atoms with Crippen LogP contribution >= 0.6 is 39.0 Å². The van der Waals surface area contributed by atoms with E-state index in [1.165, 1.54) is 16.9 Å². The Hall–Kier alpha value is -0.850. The van der Waals surface area contributed by atoms with E-state index in [0.717, 1.165) is 21.5 Å². The van der Waals surface area contributed by atoms with Crippen molar-refractivity contribution in [1.82, 2.24) is 4.98 Å². The van der Waals surface area contributed by atoms with E-state index in [4.69, 9.17) is 0 Å². The van der Waals surface area contributed by atoms with E-state index in [9.17, 15) is 4.79 Å². The maximum Gasteiger partial charge on any atom is 0.226 e. The zero-order valence-corrected chi connectivity index (χ0v) is 14.3. The second-order valence-electron chi connectivity index (χ2n) is 4.23. The molecule has 0 saturated carbocycles. The Morgan fingerprint density at radius 2 is 2.15 bits per heavy atom. The quantitative estimate of drug-likeness (QED) is 0.828. The van der Waals surface area contributed by atoms with Gasteiger partial charge in [0, 0.05) is 34.1 Å². The monoisotopic (exact) mass is 370 g/mol. The fourth-order valence-corrected chi connectivity index (χ4v) is 3.14. The number of thioether (sulfide) groups is 1. The average Bonchev–Trinajstić information content (AvgIpc) is 2.86. The first kappa shape index (κ1) is 15.5. The molecule has 20 heavy (non-hydrogen) atoms. The van der Waals surface area contributed by atoms with Gasteiger partial charge in [-0.1, -0.05) is 28.1 Å². The van der Waals surface area contributed by atoms with Gasteiger partial charge in [-0.2, -0.15) is 11.8 Å². The number of amides is 1. The highest BCUT2D eigenvalue weighted by Gasteiger charge is 2.07. The number of thiazole rings is 1. The average molecular weight is 371 g/mol. The Kier molecular flexibility index (Phi) is 6.06. The maximum atomic E-state index is 11.6. The summed E-state index contributed by atoms with van der Waals surface area (Å²) in [5.41, 5.74) is 1.23. The Morgan fingerprint density at radius 1 is 1.40 bits per heavy atom. The fourth-order valence-electron chi connectivity index (χ4n) is 1.63. The van der Waals surface area contributed by atoms with E-state index in [1.54, 1.807) is 11.8 Å². The number of aromatic nitrogens is 1. The number of halogens is 1. The van der Waals surface area contributed by atoms with Crippen molar-refractivity contribution < 1.29 is 4.79 Å². The van der Waals surface area contributed by atoms with Crippen LogP contribution in [0.4, 0.5) is 5.13 Å². The van der Waals surface area contributed by atoms with Crippen LogP contribution in [0.2, 0.25) is 0 Å². The van der Waals surface area contributed by atoms with Crippen LogP contribution in [0.1, 0.15) is 16.9 Å². The van der Waals surface area contributed by atoms with Gasteiger partial charge in [0.1, 0.15) is 0 Å². The summed E-state index contributed by atoms with van der Waals surface area (Å²) in [6, 6.07) is 8.23. The number of nitrogens with zero attached hydrogens (tertiary/aromatic N) is 1. The molecule has 3 nitrogen and oxygen atoms in total. The molecule has 0 spiro atoms. The van der Waals surface area contributed by atoms with Gasteiger partial charge >= 0.3 is 0 Å². The van der Waals surface area contributed by atoms with Gasteiger partial charge in [0.15, 0.2) is 5.13 Å². The molecule has 0 aliphatic carbocycles. The zero-order valence-electron chi connectivity index (χ0n) is 11.1. The van der Waals surface area contributed by atoms with E-state index in [-0.39, 0.29) is 5.91 Å². The molecule has 1 N–H and O–H groups in total. The number of anilines is 1. The molecule has 0 atom stereocenters. The number of benzene rings is 1. The highest BCUT2D eigenvalue weighted by atomic mass is 79.9. The smallest absolute Gasteiger partial charge is 0.226 e. The van der Waals surface area contributed by atoms with Crippen molar-refractivity contribution >= 4 is 50.1 Å². The fraction of sp³-hybridized carbons (Fsp3) is 0.286. The predicted octanol–water partition coefficient (Wildman–Crippen LogP) is 4.19. The molecule has 1 amide bonds. The van der Waals surface area contributed by atoms with Crippen LogP contribution in [0, 0.1) is 0 Å². The number of rotatable bonds is 6. The molecule has 106 valence electrons. The second kappa shape index (κ2) is 7.81. The van der Waals surface area contributed by atoms with Crippen LogP contribution < -0.4 is 5.32 Å². The highest BCUT2D eigenvalue weighted by molar-refractivity contribution is 9.10. The number of hydrogen-bond acceptors (Lipinski definition) is 4. The topological polar surface area (TPSA) is 42.0 Å². The van der Waals surface area contributed by atoms with Gasteiger partial charge in [-0.05, 0) is 24.0 Å². The Labute approximate surface area is 135 Å². The highest BCUT2D eigenvalue weighted by Crippen LogP contribution is 2.22. The van der Waals surface area contributed by atoms with Crippen LogP contribution in [-0.4, -0.2) is 22.9 Å². The van der Waals surface area contributed by atoms with Crippen molar-refractivity contribution in [3.63, 3.8) is 0 Å². The summed E-state index contributed by atoms with van der Waals surface area (Å²) in [5.74, 6) is 0.868. The van der Waals surface area contributed by atoms with Crippen LogP contribution in [0.15, 0.2) is 34.9 Å². The first-order valence-corrected chi connectivity index (χ1v) is 9.15. The summed E-state index contributed by atoms with van der Waals surface area (Å²) < 4.78 is 1.08. The lowest BCUT2D eigenvalue weighted by molar-refractivity contribution is -0.115. The van der Waals surface area contributed by atoms with Gasteiger partial charge in [0.2, 0.25) is 5.91 Å². The SMILES string of the molecule is CSCCC(=O)Nc1ncc(Cc2ccc(Br)cc2)s1. The number of carbonyl (C=O) groups is 1. The van der Waals surface area contributed by atoms with Gasteiger partial charge in [0.25, 0.3) is 0 Å². The lowest BCUT2D eigenvalue weighted by atomic mass is 10.1. The van der Waals surface area contributed by atoms with E-state index < -0.39 is 0 Å². The summed E-state index contributed by atoms with van der Waals surface area (Å²) in [6.07, 6.45) is 5.19. The molecule has 0 aliphatic rings. The minimum Gasteiger partial charge on any atom is -0.302 e. The standard InChI is InChI=1S/C14H15BrN2OS2/c1-19-7-6-13(18)17-14-16-9-12(20-14)8-10-2-4-11(15)5-3-10/h2-5,9H,6-8H2,1H3,(H,16,17,18). The maximum absolute atomic E-state index is 11.6. The van der Waals surface area contributed by atoms with Crippen molar-refractivity contribution in [1.29, 1.82) is 0 Å². The van der Waals surface area contributed by atoms with E-state index in [0.29, 0.717) is 11.6 Å². The molecule has 0 fully saturated rings. The first-order chi connectivity index (χ1) is 9.67. The first-order valence-electron chi connectivity index (χ1n) is 6.15. The van der Waals surface area contributed by atoms with E-state index >= 15 is 0 Å². The van der Waals surface area contributed by atoms with Crippen LogP contribution in [-0.2, 0) is 11.2 Å². The Bertz CT molecular complexity index is 569. The summed E-state index contributed by atoms with van der Waals surface area (Å²) in [6.45, 7) is 0. The molecule has 0 unspecified atom stereocenters. The van der Waals surface area contributed by atoms with Gasteiger partial charge in [-0.15, -0.1) is 11.3 Å². The molecule has 2 rings (SSSR count). The van der Waals surface area contributed by atoms with Gasteiger partial charge in [-0.25, -0.2) is 4.98 Å². The summed E-state index contributed by atoms with van der Waals surface area (Å²) >= 11 is 6.62. The summed E-state index contributed by atoms with van der Waals surface area (Å²) in [4.78, 5) is 17.0. The molecule has 0 saturated heterocycles. The number of hydrogen-bond donors (Lipinski definition) is 1. The van der Waals surface area contributed by atoms with Crippen LogP contribution in [0.25, 0.3) is 0 Å². The molecular formula is C14H15BrN2OS2. The number of carbonyl (C=O) groups excluding carboxylic acids is 1. The van der Waals surface area contributed by atoms with E-state index in [1.807, 2.05) is 24.6 Å². The van der Waals surface area contributed by atoms with Crippen molar-refractivity contribution in [3.05, 3.63) is 45.4 Å². The zero-order chi connectivity index (χ0) is 14.4. The third-order valence-electron chi connectivity index (χ3n) is 2.62. The molecule has 6 heteroatoms. The Morgan fingerprint density at radius 3 is 2.85 bits per heavy atom. The van der Waals surface area contributed by atoms with Crippen molar-refractivity contribution in [2.75, 3.05) is 17.3 Å². The molecule has 0 radical (unpaired) electrons. The van der Waals surface area contributed by atoms with Crippen molar-refractivity contribution in [2.24, 2.45) is 0 Å². The molecule has 1 heterocycles. The summed E-state index contributed by atoms with van der Waals surface area (Å²) in [5, 5.41) is 3.52.